The van der Waals surface area contributed by atoms with E-state index >= 15 is 0 Å². The number of hydrogen-bond donors (Lipinski definition) is 1. The zero-order valence-corrected chi connectivity index (χ0v) is 30.9. The number of likely N-dealkylation sites (tertiary alicyclic amines) is 1. The molecule has 1 spiro atoms. The van der Waals surface area contributed by atoms with E-state index in [2.05, 4.69) is 5.32 Å². The van der Waals surface area contributed by atoms with Crippen molar-refractivity contribution in [3.05, 3.63) is 71.3 Å². The predicted molar refractivity (Wildman–Crippen MR) is 201 cm³/mol. The van der Waals surface area contributed by atoms with Gasteiger partial charge >= 0.3 is 12.1 Å². The lowest BCUT2D eigenvalue weighted by molar-refractivity contribution is -0.141. The number of methoxy groups -OCH3 is 1. The molecule has 0 aromatic heterocycles. The zero-order chi connectivity index (χ0) is 37.5. The standard InChI is InChI=1S/C41H49N5O7/c1-4-20-44(21-5-2)38(49)32-24-31-16-15-30(28-11-13-29(14-12-28)37(48)45-22-8-9-23-45)25-34(31)42-35(26-32)43-40(51)53-33-10-6-7-18-41(19-17-33)39(50)46(41)27-36(47)52-3/h6,10-16,24-25,33H,4-5,7-9,17-23,26-27H2,1-3H3,(H,42,43,51)/b10-6+/t33-,41-,46?/m0/s1. The van der Waals surface area contributed by atoms with Crippen LogP contribution in [0.1, 0.15) is 87.6 Å². The number of ether oxygens (including phenoxy) is 2. The van der Waals surface area contributed by atoms with E-state index in [-0.39, 0.29) is 36.5 Å². The van der Waals surface area contributed by atoms with Crippen LogP contribution in [0.15, 0.2) is 65.2 Å². The third-order valence-electron chi connectivity index (χ3n) is 10.4. The van der Waals surface area contributed by atoms with Gasteiger partial charge in [0.2, 0.25) is 11.8 Å². The van der Waals surface area contributed by atoms with Gasteiger partial charge in [0.1, 0.15) is 24.0 Å². The fourth-order valence-corrected chi connectivity index (χ4v) is 7.52. The number of nitrogens with one attached hydrogen (secondary N) is 1. The second-order valence-electron chi connectivity index (χ2n) is 14.1. The number of hydrogen-bond acceptors (Lipinski definition) is 8. The van der Waals surface area contributed by atoms with Crippen LogP contribution in [0.5, 0.6) is 0 Å². The van der Waals surface area contributed by atoms with Crippen molar-refractivity contribution in [2.24, 2.45) is 4.99 Å². The minimum Gasteiger partial charge on any atom is -0.468 e. The van der Waals surface area contributed by atoms with Gasteiger partial charge in [-0.05, 0) is 92.8 Å². The van der Waals surface area contributed by atoms with E-state index in [1.807, 2.05) is 84.3 Å². The molecule has 2 saturated heterocycles. The van der Waals surface area contributed by atoms with E-state index in [1.54, 1.807) is 0 Å². The number of allylic oxidation sites excluding steroid dienone is 1. The average molecular weight is 724 g/mol. The van der Waals surface area contributed by atoms with Crippen molar-refractivity contribution < 1.29 is 33.4 Å². The summed E-state index contributed by atoms with van der Waals surface area (Å²) in [5.41, 5.74) is 3.52. The van der Waals surface area contributed by atoms with Crippen molar-refractivity contribution in [2.75, 3.05) is 39.8 Å². The molecule has 1 N–H and O–H groups in total. The average Bonchev–Trinajstić information content (AvgIpc) is 3.42. The first kappa shape index (κ1) is 37.5. The van der Waals surface area contributed by atoms with Gasteiger partial charge in [0, 0.05) is 49.3 Å². The van der Waals surface area contributed by atoms with E-state index in [0.717, 1.165) is 55.5 Å². The van der Waals surface area contributed by atoms with Crippen LogP contribution in [0.2, 0.25) is 0 Å². The molecule has 4 aliphatic rings. The molecule has 0 saturated carbocycles. The molecule has 0 radical (unpaired) electrons. The number of nitrogens with zero attached hydrogens (tertiary/aromatic N) is 4. The van der Waals surface area contributed by atoms with E-state index in [0.29, 0.717) is 55.6 Å². The highest BCUT2D eigenvalue weighted by molar-refractivity contribution is 6.09. The van der Waals surface area contributed by atoms with Crippen LogP contribution in [0, 0.1) is 0 Å². The van der Waals surface area contributed by atoms with Crippen molar-refractivity contribution in [1.82, 2.24) is 20.0 Å². The lowest BCUT2D eigenvalue weighted by Crippen LogP contribution is -2.37. The van der Waals surface area contributed by atoms with Crippen LogP contribution in [0.4, 0.5) is 10.5 Å². The lowest BCUT2D eigenvalue weighted by atomic mass is 9.92. The number of alkyl carbamates (subject to hydrolysis) is 1. The number of benzene rings is 2. The molecule has 6 rings (SSSR count). The smallest absolute Gasteiger partial charge is 0.413 e. The number of amidine groups is 1. The summed E-state index contributed by atoms with van der Waals surface area (Å²) >= 11 is 0. The number of carbonyl (C=O) groups is 5. The monoisotopic (exact) mass is 723 g/mol. The molecule has 2 atom stereocenters. The zero-order valence-electron chi connectivity index (χ0n) is 30.9. The number of rotatable bonds is 10. The van der Waals surface area contributed by atoms with Gasteiger partial charge in [-0.1, -0.05) is 44.2 Å². The Morgan fingerprint density at radius 3 is 2.40 bits per heavy atom. The van der Waals surface area contributed by atoms with Crippen molar-refractivity contribution >= 4 is 47.4 Å². The van der Waals surface area contributed by atoms with Crippen LogP contribution in [-0.2, 0) is 23.9 Å². The van der Waals surface area contributed by atoms with Crippen LogP contribution < -0.4 is 5.32 Å². The summed E-state index contributed by atoms with van der Waals surface area (Å²) in [6.45, 7) is 6.78. The summed E-state index contributed by atoms with van der Waals surface area (Å²) in [5.74, 6) is -0.354. The fraction of sp³-hybridized carbons (Fsp3) is 0.463. The topological polar surface area (TPSA) is 138 Å². The Bertz CT molecular complexity index is 1820. The first-order valence-electron chi connectivity index (χ1n) is 18.8. The largest absolute Gasteiger partial charge is 0.468 e. The molecule has 0 bridgehead atoms. The Hall–Kier alpha value is -5.26. The molecule has 2 fully saturated rings. The summed E-state index contributed by atoms with van der Waals surface area (Å²) in [6, 6.07) is 13.4. The first-order chi connectivity index (χ1) is 25.6. The quantitative estimate of drug-likeness (QED) is 0.179. The molecule has 3 heterocycles. The molecule has 12 nitrogen and oxygen atoms in total. The van der Waals surface area contributed by atoms with Crippen LogP contribution in [0.3, 0.4) is 0 Å². The highest BCUT2D eigenvalue weighted by atomic mass is 16.6. The predicted octanol–water partition coefficient (Wildman–Crippen LogP) is 6.03. The summed E-state index contributed by atoms with van der Waals surface area (Å²) < 4.78 is 10.6. The van der Waals surface area contributed by atoms with E-state index in [4.69, 9.17) is 14.5 Å². The maximum Gasteiger partial charge on any atom is 0.413 e. The number of esters is 1. The van der Waals surface area contributed by atoms with Crippen molar-refractivity contribution in [3.63, 3.8) is 0 Å². The van der Waals surface area contributed by atoms with Gasteiger partial charge in [-0.25, -0.2) is 9.79 Å². The third kappa shape index (κ3) is 8.53. The molecular weight excluding hydrogens is 674 g/mol. The molecule has 2 aromatic carbocycles. The molecular formula is C41H49N5O7. The maximum atomic E-state index is 13.9. The summed E-state index contributed by atoms with van der Waals surface area (Å²) in [7, 11) is 1.29. The Morgan fingerprint density at radius 1 is 0.981 bits per heavy atom. The van der Waals surface area contributed by atoms with Crippen molar-refractivity contribution in [1.29, 1.82) is 0 Å². The van der Waals surface area contributed by atoms with Gasteiger partial charge in [0.25, 0.3) is 5.91 Å². The van der Waals surface area contributed by atoms with E-state index in [9.17, 15) is 24.0 Å². The van der Waals surface area contributed by atoms with Crippen molar-refractivity contribution in [3.8, 4) is 11.1 Å². The molecule has 53 heavy (non-hydrogen) atoms. The summed E-state index contributed by atoms with van der Waals surface area (Å²) in [5, 5.41) is 2.83. The lowest BCUT2D eigenvalue weighted by Gasteiger charge is -2.23. The van der Waals surface area contributed by atoms with Crippen molar-refractivity contribution in [2.45, 2.75) is 83.3 Å². The molecule has 4 amide bonds. The van der Waals surface area contributed by atoms with Gasteiger partial charge < -0.3 is 24.2 Å². The molecule has 0 unspecified atom stereocenters. The van der Waals surface area contributed by atoms with Gasteiger partial charge in [-0.2, -0.15) is 0 Å². The molecule has 12 heteroatoms. The van der Waals surface area contributed by atoms with E-state index in [1.165, 1.54) is 12.0 Å². The van der Waals surface area contributed by atoms with Crippen LogP contribution >= 0.6 is 0 Å². The molecule has 2 aromatic rings. The Morgan fingerprint density at radius 2 is 1.70 bits per heavy atom. The minimum absolute atomic E-state index is 0.0432. The summed E-state index contributed by atoms with van der Waals surface area (Å²) in [6.07, 6.45) is 10.0. The Balaban J connectivity index is 1.21. The Labute approximate surface area is 310 Å². The second-order valence-corrected chi connectivity index (χ2v) is 14.1. The fourth-order valence-electron chi connectivity index (χ4n) is 7.52. The number of amides is 4. The summed E-state index contributed by atoms with van der Waals surface area (Å²) in [4.78, 5) is 75.0. The molecule has 3 aliphatic heterocycles. The van der Waals surface area contributed by atoms with Gasteiger partial charge in [0.15, 0.2) is 0 Å². The SMILES string of the molecule is CCCN(CCC)C(=O)C1=Cc2ccc(-c3ccc(C(=O)N4CCCC4)cc3)cc2N=C(NC(=O)O[C@H]2/C=C/CC[C@]3(CC2)C(=O)N3CC(=O)OC)C1. The first-order valence-corrected chi connectivity index (χ1v) is 18.8. The maximum absolute atomic E-state index is 13.9. The number of aliphatic imine (C=N–C) groups is 1. The van der Waals surface area contributed by atoms with Gasteiger partial charge in [-0.3, -0.25) is 24.5 Å². The van der Waals surface area contributed by atoms with Gasteiger partial charge in [0.05, 0.1) is 12.8 Å². The highest BCUT2D eigenvalue weighted by Crippen LogP contribution is 2.44. The molecule has 1 aliphatic carbocycles. The van der Waals surface area contributed by atoms with E-state index < -0.39 is 23.7 Å². The minimum atomic E-state index is -0.754. The Kier molecular flexibility index (Phi) is 11.7. The second kappa shape index (κ2) is 16.6. The molecule has 280 valence electrons. The highest BCUT2D eigenvalue weighted by Gasteiger charge is 2.62. The van der Waals surface area contributed by atoms with Crippen LogP contribution in [0.25, 0.3) is 17.2 Å². The number of fused-ring (bicyclic) bond motifs is 1. The third-order valence-corrected chi connectivity index (χ3v) is 10.4. The van der Waals surface area contributed by atoms with Gasteiger partial charge in [-0.15, -0.1) is 0 Å². The normalized spacial score (nSPS) is 21.3. The van der Waals surface area contributed by atoms with Crippen LogP contribution in [-0.4, -0.2) is 102 Å². The number of carbonyl (C=O) groups excluding carboxylic acids is 5.